The van der Waals surface area contributed by atoms with Crippen molar-refractivity contribution in [1.82, 2.24) is 4.98 Å². The van der Waals surface area contributed by atoms with Gasteiger partial charge in [0.1, 0.15) is 5.69 Å². The molecule has 3 N–H and O–H groups in total. The van der Waals surface area contributed by atoms with Crippen LogP contribution in [0.2, 0.25) is 0 Å². The van der Waals surface area contributed by atoms with Crippen LogP contribution in [0.3, 0.4) is 0 Å². The summed E-state index contributed by atoms with van der Waals surface area (Å²) < 4.78 is 0. The monoisotopic (exact) mass is 468 g/mol. The number of H-pyrrole nitrogens is 1. The highest BCUT2D eigenvalue weighted by Crippen LogP contribution is 2.34. The fraction of sp³-hybridized carbons (Fsp3) is 0.300. The second-order valence-corrected chi connectivity index (χ2v) is 9.61. The van der Waals surface area contributed by atoms with Gasteiger partial charge < -0.3 is 20.1 Å². The lowest BCUT2D eigenvalue weighted by molar-refractivity contribution is 0.0690. The van der Waals surface area contributed by atoms with Crippen LogP contribution in [0.15, 0.2) is 66.7 Å². The summed E-state index contributed by atoms with van der Waals surface area (Å²) in [6, 6.07) is 22.8. The van der Waals surface area contributed by atoms with Crippen LogP contribution in [-0.4, -0.2) is 40.9 Å². The van der Waals surface area contributed by atoms with E-state index in [0.29, 0.717) is 12.1 Å². The number of rotatable bonds is 8. The first-order valence-electron chi connectivity index (χ1n) is 12.4. The Balaban J connectivity index is 1.36. The molecule has 0 saturated carbocycles. The molecule has 1 unspecified atom stereocenters. The predicted octanol–water partition coefficient (Wildman–Crippen LogP) is 5.84. The van der Waals surface area contributed by atoms with Crippen LogP contribution >= 0.6 is 0 Å². The highest BCUT2D eigenvalue weighted by Gasteiger charge is 2.24. The van der Waals surface area contributed by atoms with Gasteiger partial charge in [-0.2, -0.15) is 0 Å². The Morgan fingerprint density at radius 1 is 1.00 bits per heavy atom. The van der Waals surface area contributed by atoms with Crippen LogP contribution in [0.25, 0.3) is 22.0 Å². The second-order valence-electron chi connectivity index (χ2n) is 9.61. The molecule has 5 heteroatoms. The molecule has 0 amide bonds. The molecule has 2 heterocycles. The minimum atomic E-state index is -0.914. The fourth-order valence-electron chi connectivity index (χ4n) is 5.53. The van der Waals surface area contributed by atoms with E-state index in [4.69, 9.17) is 0 Å². The number of aliphatic hydroxyl groups excluding tert-OH is 1. The number of carbonyl (C=O) groups is 1. The third-order valence-corrected chi connectivity index (χ3v) is 7.27. The molecule has 0 bridgehead atoms. The molecule has 1 aliphatic heterocycles. The Bertz CT molecular complexity index is 1360. The van der Waals surface area contributed by atoms with Crippen molar-refractivity contribution in [2.24, 2.45) is 5.92 Å². The summed E-state index contributed by atoms with van der Waals surface area (Å²) in [7, 11) is 0. The highest BCUT2D eigenvalue weighted by atomic mass is 16.4. The van der Waals surface area contributed by atoms with Crippen LogP contribution in [0.4, 0.5) is 5.69 Å². The second kappa shape index (κ2) is 9.96. The molecule has 0 radical (unpaired) electrons. The van der Waals surface area contributed by atoms with Gasteiger partial charge in [-0.25, -0.2) is 4.79 Å². The molecule has 5 nitrogen and oxygen atoms in total. The third-order valence-electron chi connectivity index (χ3n) is 7.27. The van der Waals surface area contributed by atoms with Crippen LogP contribution in [-0.2, 0) is 12.8 Å². The average Bonchev–Trinajstić information content (AvgIpc) is 3.26. The number of benzene rings is 3. The summed E-state index contributed by atoms with van der Waals surface area (Å²) in [5.41, 5.74) is 7.95. The van der Waals surface area contributed by atoms with E-state index in [1.54, 1.807) is 0 Å². The Kier molecular flexibility index (Phi) is 6.60. The molecular formula is C30H32N2O3. The molecule has 0 aliphatic carbocycles. The Morgan fingerprint density at radius 2 is 1.77 bits per heavy atom. The number of aryl methyl sites for hydroxylation is 2. The van der Waals surface area contributed by atoms with Gasteiger partial charge in [0.15, 0.2) is 0 Å². The standard InChI is InChI=1S/C30H32N2O3/c1-20-9-2-4-11-23(20)24-13-8-14-25-26(29(30(34)35)31-28(24)25)12-6-7-16-32-18-21(19-33)17-22-10-3-5-15-27(22)32/h2-5,8-11,13-15,21,31,33H,6-7,12,16-19H2,1H3,(H,34,35). The van der Waals surface area contributed by atoms with Gasteiger partial charge >= 0.3 is 5.97 Å². The van der Waals surface area contributed by atoms with Gasteiger partial charge in [0.05, 0.1) is 5.52 Å². The molecule has 0 spiro atoms. The normalized spacial score (nSPS) is 15.4. The molecular weight excluding hydrogens is 436 g/mol. The van der Waals surface area contributed by atoms with E-state index in [2.05, 4.69) is 59.3 Å². The minimum absolute atomic E-state index is 0.200. The first kappa shape index (κ1) is 23.2. The number of carboxylic acid groups (broad SMARTS) is 1. The molecule has 4 aromatic rings. The number of para-hydroxylation sites is 2. The number of aromatic nitrogens is 1. The zero-order valence-electron chi connectivity index (χ0n) is 20.1. The number of aromatic amines is 1. The van der Waals surface area contributed by atoms with Gasteiger partial charge in [-0.15, -0.1) is 0 Å². The fourth-order valence-corrected chi connectivity index (χ4v) is 5.53. The van der Waals surface area contributed by atoms with Crippen molar-refractivity contribution in [3.05, 3.63) is 89.1 Å². The average molecular weight is 469 g/mol. The van der Waals surface area contributed by atoms with Crippen molar-refractivity contribution in [2.75, 3.05) is 24.6 Å². The van der Waals surface area contributed by atoms with Crippen molar-refractivity contribution in [3.63, 3.8) is 0 Å². The number of fused-ring (bicyclic) bond motifs is 2. The number of nitrogens with one attached hydrogen (secondary N) is 1. The quantitative estimate of drug-likeness (QED) is 0.284. The van der Waals surface area contributed by atoms with Gasteiger partial charge in [-0.05, 0) is 60.9 Å². The third kappa shape index (κ3) is 4.56. The smallest absolute Gasteiger partial charge is 0.352 e. The van der Waals surface area contributed by atoms with E-state index in [-0.39, 0.29) is 12.5 Å². The van der Waals surface area contributed by atoms with Crippen molar-refractivity contribution >= 4 is 22.6 Å². The lowest BCUT2D eigenvalue weighted by atomic mass is 9.92. The highest BCUT2D eigenvalue weighted by molar-refractivity contribution is 6.03. The Hall–Kier alpha value is -3.57. The van der Waals surface area contributed by atoms with Gasteiger partial charge in [0, 0.05) is 42.3 Å². The molecule has 1 aromatic heterocycles. The topological polar surface area (TPSA) is 76.6 Å². The zero-order chi connectivity index (χ0) is 24.4. The van der Waals surface area contributed by atoms with E-state index < -0.39 is 5.97 Å². The van der Waals surface area contributed by atoms with E-state index in [1.165, 1.54) is 11.3 Å². The summed E-state index contributed by atoms with van der Waals surface area (Å²) in [5.74, 6) is -0.653. The van der Waals surface area contributed by atoms with Crippen molar-refractivity contribution < 1.29 is 15.0 Å². The summed E-state index contributed by atoms with van der Waals surface area (Å²) in [5, 5.41) is 20.7. The van der Waals surface area contributed by atoms with Crippen LogP contribution < -0.4 is 4.90 Å². The Labute approximate surface area is 206 Å². The molecule has 35 heavy (non-hydrogen) atoms. The zero-order valence-corrected chi connectivity index (χ0v) is 20.1. The SMILES string of the molecule is Cc1ccccc1-c1cccc2c(CCCCN3CC(CO)Cc4ccccc43)c(C(=O)O)[nH]c12. The first-order chi connectivity index (χ1) is 17.1. The molecule has 3 aromatic carbocycles. The van der Waals surface area contributed by atoms with Crippen LogP contribution in [0.1, 0.15) is 40.0 Å². The number of anilines is 1. The van der Waals surface area contributed by atoms with Crippen molar-refractivity contribution in [3.8, 4) is 11.1 Å². The van der Waals surface area contributed by atoms with E-state index in [9.17, 15) is 15.0 Å². The maximum Gasteiger partial charge on any atom is 0.352 e. The number of unbranched alkanes of at least 4 members (excludes halogenated alkanes) is 1. The number of aliphatic hydroxyl groups is 1. The molecule has 0 fully saturated rings. The molecule has 0 saturated heterocycles. The number of hydrogen-bond acceptors (Lipinski definition) is 3. The largest absolute Gasteiger partial charge is 0.477 e. The molecule has 5 rings (SSSR count). The van der Waals surface area contributed by atoms with Gasteiger partial charge in [0.2, 0.25) is 0 Å². The van der Waals surface area contributed by atoms with Gasteiger partial charge in [-0.1, -0.05) is 60.7 Å². The van der Waals surface area contributed by atoms with Gasteiger partial charge in [0.25, 0.3) is 0 Å². The van der Waals surface area contributed by atoms with E-state index >= 15 is 0 Å². The van der Waals surface area contributed by atoms with Crippen molar-refractivity contribution in [2.45, 2.75) is 32.6 Å². The number of hydrogen-bond donors (Lipinski definition) is 3. The molecule has 180 valence electrons. The van der Waals surface area contributed by atoms with Crippen LogP contribution in [0.5, 0.6) is 0 Å². The number of nitrogens with zero attached hydrogens (tertiary/aromatic N) is 1. The summed E-state index contributed by atoms with van der Waals surface area (Å²) in [6.45, 7) is 4.04. The Morgan fingerprint density at radius 3 is 2.57 bits per heavy atom. The summed E-state index contributed by atoms with van der Waals surface area (Å²) >= 11 is 0. The van der Waals surface area contributed by atoms with E-state index in [0.717, 1.165) is 65.5 Å². The first-order valence-corrected chi connectivity index (χ1v) is 12.4. The van der Waals surface area contributed by atoms with E-state index in [1.807, 2.05) is 24.3 Å². The van der Waals surface area contributed by atoms with Crippen LogP contribution in [0, 0.1) is 12.8 Å². The predicted molar refractivity (Wildman–Crippen MR) is 141 cm³/mol. The number of carboxylic acids is 1. The number of aromatic carboxylic acids is 1. The maximum atomic E-state index is 12.1. The molecule has 1 atom stereocenters. The van der Waals surface area contributed by atoms with Crippen molar-refractivity contribution in [1.29, 1.82) is 0 Å². The minimum Gasteiger partial charge on any atom is -0.477 e. The summed E-state index contributed by atoms with van der Waals surface area (Å²) in [4.78, 5) is 17.7. The van der Waals surface area contributed by atoms with Gasteiger partial charge in [-0.3, -0.25) is 0 Å². The lowest BCUT2D eigenvalue weighted by Crippen LogP contribution is -2.37. The maximum absolute atomic E-state index is 12.1. The summed E-state index contributed by atoms with van der Waals surface area (Å²) in [6.07, 6.45) is 3.47. The lowest BCUT2D eigenvalue weighted by Gasteiger charge is -2.35. The molecule has 1 aliphatic rings.